The van der Waals surface area contributed by atoms with Crippen molar-refractivity contribution in [2.24, 2.45) is 0 Å². The lowest BCUT2D eigenvalue weighted by atomic mass is 10.0. The monoisotopic (exact) mass is 1060 g/mol. The normalized spacial score (nSPS) is 15.0. The zero-order chi connectivity index (χ0) is 49.8. The Bertz CT molecular complexity index is 3360. The van der Waals surface area contributed by atoms with Crippen LogP contribution in [0.2, 0.25) is 10.0 Å². The summed E-state index contributed by atoms with van der Waals surface area (Å²) in [7, 11) is -17.0. The number of anilines is 2. The van der Waals surface area contributed by atoms with Gasteiger partial charge in [-0.05, 0) is 107 Å². The molecule has 2 aliphatic heterocycles. The van der Waals surface area contributed by atoms with Crippen molar-refractivity contribution in [3.8, 4) is 0 Å². The van der Waals surface area contributed by atoms with Crippen LogP contribution >= 0.6 is 38.4 Å². The molecule has 0 saturated heterocycles. The van der Waals surface area contributed by atoms with Crippen molar-refractivity contribution in [1.82, 2.24) is 0 Å². The fourth-order valence-corrected chi connectivity index (χ4v) is 13.8. The number of hydrogen-bond donors (Lipinski definition) is 5. The SMILES string of the molecule is C.CC(=O)O.CCOP(=O)(OCC)C(C(=O)Nc1ccc2ccccc2c1)C1=CS(=O)(=O)c2ccc(Cl)cc21.O=C(Nc1ccc2ccccc2c1)C(C1=CS(=O)(=O)c2ccc(Cl)cc21)P(=O)(O)O. The second-order valence-corrected chi connectivity index (χ2v) is 23.1. The summed E-state index contributed by atoms with van der Waals surface area (Å²) in [5.74, 6) is -2.57. The second-order valence-electron chi connectivity index (χ2n) is 14.9. The molecule has 2 unspecified atom stereocenters. The van der Waals surface area contributed by atoms with Gasteiger partial charge in [0.15, 0.2) is 11.3 Å². The average molecular weight is 1060 g/mol. The standard InChI is InChI=1S/C24H23ClNO6PS.C20H15ClNO6PS.C2H4O2.CH4/c1-3-31-33(28,32-4-2)23(21-15-34(29,30)22-12-10-18(25)14-20(21)22)24(27)26-19-11-9-16-7-5-6-8-17(16)13-19;21-14-6-8-18-16(10-14)17(11-30(18,27)28)19(29(24,25)26)20(23)22-15-7-5-12-3-1-2-4-13(12)9-15;1-2(3)4;/h5-15,23H,3-4H2,1-2H3,(H,26,27);1-11,19H,(H,22,23)(H2,24,25,26);1H3,(H,3,4);1H4. The minimum absolute atomic E-state index is 0. The number of carbonyl (C=O) groups excluding carboxylic acids is 2. The van der Waals surface area contributed by atoms with Crippen LogP contribution in [0.3, 0.4) is 0 Å². The highest BCUT2D eigenvalue weighted by molar-refractivity contribution is 7.95. The molecular formula is C47H46Cl2N2O14P2S2. The Morgan fingerprint density at radius 3 is 1.33 bits per heavy atom. The first-order chi connectivity index (χ1) is 32.0. The van der Waals surface area contributed by atoms with Gasteiger partial charge in [-0.15, -0.1) is 0 Å². The number of carboxylic acids is 1. The van der Waals surface area contributed by atoms with Gasteiger partial charge in [0.1, 0.15) is 0 Å². The third-order valence-corrected chi connectivity index (χ3v) is 17.2. The molecule has 22 heteroatoms. The summed E-state index contributed by atoms with van der Waals surface area (Å²) in [5.41, 5.74) is -2.84. The lowest BCUT2D eigenvalue weighted by Crippen LogP contribution is -2.30. The van der Waals surface area contributed by atoms with E-state index in [1.807, 2.05) is 54.6 Å². The largest absolute Gasteiger partial charge is 0.481 e. The minimum Gasteiger partial charge on any atom is -0.481 e. The zero-order valence-corrected chi connectivity index (χ0v) is 41.0. The zero-order valence-electron chi connectivity index (χ0n) is 36.1. The summed E-state index contributed by atoms with van der Waals surface area (Å²) in [5, 5.41) is 18.4. The predicted octanol–water partition coefficient (Wildman–Crippen LogP) is 10.4. The summed E-state index contributed by atoms with van der Waals surface area (Å²) in [4.78, 5) is 55.2. The second kappa shape index (κ2) is 22.1. The number of aliphatic carboxylic acids is 1. The van der Waals surface area contributed by atoms with Gasteiger partial charge in [0, 0.05) is 50.3 Å². The summed E-state index contributed by atoms with van der Waals surface area (Å²) < 4.78 is 87.6. The number of hydrogen-bond acceptors (Lipinski definition) is 11. The van der Waals surface area contributed by atoms with Gasteiger partial charge in [0.05, 0.1) is 23.0 Å². The molecule has 6 aromatic carbocycles. The Kier molecular flexibility index (Phi) is 17.4. The fourth-order valence-electron chi connectivity index (χ4n) is 7.40. The maximum Gasteiger partial charge on any atom is 0.347 e. The molecule has 0 spiro atoms. The molecule has 0 saturated carbocycles. The highest BCUT2D eigenvalue weighted by Gasteiger charge is 2.48. The van der Waals surface area contributed by atoms with Crippen molar-refractivity contribution in [3.63, 3.8) is 0 Å². The lowest BCUT2D eigenvalue weighted by molar-refractivity contribution is -0.134. The van der Waals surface area contributed by atoms with Crippen molar-refractivity contribution >= 4 is 120 Å². The highest BCUT2D eigenvalue weighted by Crippen LogP contribution is 2.59. The van der Waals surface area contributed by atoms with Crippen molar-refractivity contribution in [2.45, 2.75) is 49.3 Å². The molecule has 2 heterocycles. The number of nitrogens with one attached hydrogen (secondary N) is 2. The van der Waals surface area contributed by atoms with Gasteiger partial charge in [-0.2, -0.15) is 0 Å². The van der Waals surface area contributed by atoms with E-state index in [-0.39, 0.29) is 62.7 Å². The molecule has 16 nitrogen and oxygen atoms in total. The number of carbonyl (C=O) groups is 3. The molecule has 0 radical (unpaired) electrons. The van der Waals surface area contributed by atoms with Gasteiger partial charge in [0.2, 0.25) is 31.5 Å². The van der Waals surface area contributed by atoms with E-state index in [4.69, 9.17) is 42.2 Å². The van der Waals surface area contributed by atoms with Crippen LogP contribution in [0.4, 0.5) is 11.4 Å². The molecule has 8 rings (SSSR count). The van der Waals surface area contributed by atoms with Crippen LogP contribution in [-0.4, -0.2) is 74.0 Å². The third-order valence-electron chi connectivity index (χ3n) is 10.1. The smallest absolute Gasteiger partial charge is 0.347 e. The number of amides is 2. The molecule has 364 valence electrons. The van der Waals surface area contributed by atoms with Crippen LogP contribution in [0.1, 0.15) is 39.3 Å². The van der Waals surface area contributed by atoms with Crippen LogP contribution < -0.4 is 10.6 Å². The number of halogens is 2. The van der Waals surface area contributed by atoms with Crippen LogP contribution in [0.15, 0.2) is 142 Å². The molecule has 2 atom stereocenters. The maximum atomic E-state index is 13.9. The van der Waals surface area contributed by atoms with E-state index in [1.54, 1.807) is 44.2 Å². The van der Waals surface area contributed by atoms with Gasteiger partial charge in [-0.3, -0.25) is 23.5 Å². The molecule has 0 fully saturated rings. The van der Waals surface area contributed by atoms with E-state index in [9.17, 15) is 45.3 Å². The molecular weight excluding hydrogens is 1010 g/mol. The molecule has 2 amide bonds. The Balaban J connectivity index is 0.000000237. The van der Waals surface area contributed by atoms with Crippen molar-refractivity contribution in [2.75, 3.05) is 23.8 Å². The summed E-state index contributed by atoms with van der Waals surface area (Å²) >= 11 is 12.1. The molecule has 5 N–H and O–H groups in total. The van der Waals surface area contributed by atoms with E-state index < -0.39 is 64.0 Å². The average Bonchev–Trinajstić information content (AvgIpc) is 3.66. The number of sulfone groups is 2. The quantitative estimate of drug-likeness (QED) is 0.0715. The van der Waals surface area contributed by atoms with E-state index in [0.29, 0.717) is 11.4 Å². The van der Waals surface area contributed by atoms with Gasteiger partial charge < -0.3 is 34.6 Å². The van der Waals surface area contributed by atoms with Crippen molar-refractivity contribution < 1.29 is 64.3 Å². The number of rotatable bonds is 12. The van der Waals surface area contributed by atoms with Crippen molar-refractivity contribution in [3.05, 3.63) is 153 Å². The molecule has 6 aromatic rings. The first-order valence-electron chi connectivity index (χ1n) is 20.2. The molecule has 2 aliphatic rings. The van der Waals surface area contributed by atoms with Gasteiger partial charge in [0.25, 0.3) is 5.97 Å². The number of carboxylic acid groups (broad SMARTS) is 1. The van der Waals surface area contributed by atoms with Crippen LogP contribution in [0.5, 0.6) is 0 Å². The molecule has 0 bridgehead atoms. The van der Waals surface area contributed by atoms with Crippen LogP contribution in [0.25, 0.3) is 32.7 Å². The van der Waals surface area contributed by atoms with E-state index in [2.05, 4.69) is 10.6 Å². The number of benzene rings is 6. The fraction of sp³-hybridized carbons (Fsp3) is 0.170. The molecule has 69 heavy (non-hydrogen) atoms. The summed E-state index contributed by atoms with van der Waals surface area (Å²) in [6.07, 6.45) is 0. The maximum absolute atomic E-state index is 13.9. The van der Waals surface area contributed by atoms with Crippen LogP contribution in [0, 0.1) is 0 Å². The van der Waals surface area contributed by atoms with Gasteiger partial charge >= 0.3 is 15.2 Å². The Labute approximate surface area is 408 Å². The first kappa shape index (κ1) is 54.5. The van der Waals surface area contributed by atoms with Crippen molar-refractivity contribution in [1.29, 1.82) is 0 Å². The predicted molar refractivity (Wildman–Crippen MR) is 269 cm³/mol. The lowest BCUT2D eigenvalue weighted by Gasteiger charge is -2.27. The Morgan fingerprint density at radius 2 is 0.957 bits per heavy atom. The molecule has 0 aliphatic carbocycles. The minimum atomic E-state index is -5.08. The number of fused-ring (bicyclic) bond motifs is 4. The van der Waals surface area contributed by atoms with E-state index >= 15 is 0 Å². The van der Waals surface area contributed by atoms with Gasteiger partial charge in [-0.25, -0.2) is 16.8 Å². The summed E-state index contributed by atoms with van der Waals surface area (Å²) in [6.45, 7) is 4.32. The van der Waals surface area contributed by atoms with Crippen LogP contribution in [-0.2, 0) is 52.2 Å². The van der Waals surface area contributed by atoms with E-state index in [0.717, 1.165) is 39.3 Å². The highest BCUT2D eigenvalue weighted by atomic mass is 35.5. The van der Waals surface area contributed by atoms with Gasteiger partial charge in [-0.1, -0.05) is 91.3 Å². The topological polar surface area (TPSA) is 257 Å². The third kappa shape index (κ3) is 12.7. The molecule has 0 aromatic heterocycles. The van der Waals surface area contributed by atoms with E-state index in [1.165, 1.54) is 36.4 Å². The summed E-state index contributed by atoms with van der Waals surface area (Å²) in [6, 6.07) is 33.5. The first-order valence-corrected chi connectivity index (χ1v) is 27.4. The Morgan fingerprint density at radius 1 is 0.594 bits per heavy atom. The Hall–Kier alpha value is -5.49.